The van der Waals surface area contributed by atoms with E-state index in [1.54, 1.807) is 11.3 Å². The fourth-order valence-electron chi connectivity index (χ4n) is 2.41. The average molecular weight is 306 g/mol. The highest BCUT2D eigenvalue weighted by Gasteiger charge is 2.27. The zero-order chi connectivity index (χ0) is 15.3. The molecule has 2 nitrogen and oxygen atoms in total. The van der Waals surface area contributed by atoms with Crippen LogP contribution >= 0.6 is 11.3 Å². The maximum Gasteiger partial charge on any atom is 0.123 e. The molecule has 2 N–H and O–H groups in total. The maximum atomic E-state index is 13.0. The van der Waals surface area contributed by atoms with Crippen LogP contribution in [-0.4, -0.2) is 30.6 Å². The van der Waals surface area contributed by atoms with Crippen LogP contribution in [0.3, 0.4) is 0 Å². The van der Waals surface area contributed by atoms with Gasteiger partial charge in [0.15, 0.2) is 0 Å². The van der Waals surface area contributed by atoms with Crippen LogP contribution in [0.5, 0.6) is 0 Å². The van der Waals surface area contributed by atoms with Gasteiger partial charge in [-0.2, -0.15) is 0 Å². The van der Waals surface area contributed by atoms with E-state index in [-0.39, 0.29) is 11.4 Å². The standard InChI is InChI=1S/C17H23FN2S/c1-17(13-19,12-14-5-7-15(18)8-6-14)20(2)10-9-16-4-3-11-21-16/h3-8,11H,9-10,12-13,19H2,1-2H3. The zero-order valence-electron chi connectivity index (χ0n) is 12.7. The van der Waals surface area contributed by atoms with Crippen LogP contribution in [0.1, 0.15) is 17.4 Å². The highest BCUT2D eigenvalue weighted by Crippen LogP contribution is 2.20. The number of nitrogens with two attached hydrogens (primary N) is 1. The zero-order valence-corrected chi connectivity index (χ0v) is 13.5. The molecule has 1 aromatic heterocycles. The Hall–Kier alpha value is -1.23. The van der Waals surface area contributed by atoms with E-state index in [1.807, 2.05) is 12.1 Å². The number of benzene rings is 1. The summed E-state index contributed by atoms with van der Waals surface area (Å²) < 4.78 is 13.0. The number of halogens is 1. The first kappa shape index (κ1) is 16.1. The first-order valence-electron chi connectivity index (χ1n) is 7.22. The van der Waals surface area contributed by atoms with Gasteiger partial charge in [0, 0.05) is 23.5 Å². The second-order valence-corrected chi connectivity index (χ2v) is 6.79. The quantitative estimate of drug-likeness (QED) is 0.850. The predicted molar refractivity (Wildman–Crippen MR) is 88.2 cm³/mol. The molecule has 1 atom stereocenters. The van der Waals surface area contributed by atoms with Gasteiger partial charge in [-0.15, -0.1) is 11.3 Å². The van der Waals surface area contributed by atoms with E-state index in [1.165, 1.54) is 17.0 Å². The monoisotopic (exact) mass is 306 g/mol. The van der Waals surface area contributed by atoms with E-state index >= 15 is 0 Å². The molecule has 0 spiro atoms. The van der Waals surface area contributed by atoms with Crippen LogP contribution in [0.4, 0.5) is 4.39 Å². The summed E-state index contributed by atoms with van der Waals surface area (Å²) in [4.78, 5) is 3.71. The molecule has 21 heavy (non-hydrogen) atoms. The molecule has 1 unspecified atom stereocenters. The highest BCUT2D eigenvalue weighted by molar-refractivity contribution is 7.09. The van der Waals surface area contributed by atoms with Crippen LogP contribution < -0.4 is 5.73 Å². The van der Waals surface area contributed by atoms with Crippen molar-refractivity contribution in [1.82, 2.24) is 4.90 Å². The van der Waals surface area contributed by atoms with Gasteiger partial charge in [0.05, 0.1) is 0 Å². The third-order valence-electron chi connectivity index (χ3n) is 4.13. The molecule has 114 valence electrons. The molecule has 1 aromatic carbocycles. The van der Waals surface area contributed by atoms with Crippen molar-refractivity contribution in [2.75, 3.05) is 20.1 Å². The second kappa shape index (κ2) is 7.16. The lowest BCUT2D eigenvalue weighted by atomic mass is 9.91. The van der Waals surface area contributed by atoms with Crippen LogP contribution in [0.25, 0.3) is 0 Å². The Morgan fingerprint density at radius 3 is 2.52 bits per heavy atom. The van der Waals surface area contributed by atoms with Gasteiger partial charge >= 0.3 is 0 Å². The smallest absolute Gasteiger partial charge is 0.123 e. The average Bonchev–Trinajstić information content (AvgIpc) is 3.00. The Kier molecular flexibility index (Phi) is 5.51. The first-order valence-corrected chi connectivity index (χ1v) is 8.09. The highest BCUT2D eigenvalue weighted by atomic mass is 32.1. The lowest BCUT2D eigenvalue weighted by Gasteiger charge is -2.38. The van der Waals surface area contributed by atoms with Crippen molar-refractivity contribution < 1.29 is 4.39 Å². The van der Waals surface area contributed by atoms with Gasteiger partial charge in [0.1, 0.15) is 5.82 Å². The van der Waals surface area contributed by atoms with Gasteiger partial charge in [-0.05, 0) is 56.0 Å². The van der Waals surface area contributed by atoms with E-state index in [0.29, 0.717) is 6.54 Å². The molecule has 0 bridgehead atoms. The predicted octanol–water partition coefficient (Wildman–Crippen LogP) is 3.32. The lowest BCUT2D eigenvalue weighted by molar-refractivity contribution is 0.146. The van der Waals surface area contributed by atoms with E-state index in [0.717, 1.165) is 24.9 Å². The number of hydrogen-bond donors (Lipinski definition) is 1. The summed E-state index contributed by atoms with van der Waals surface area (Å²) in [5.41, 5.74) is 7.02. The number of hydrogen-bond acceptors (Lipinski definition) is 3. The summed E-state index contributed by atoms with van der Waals surface area (Å²) in [5.74, 6) is -0.195. The minimum atomic E-state index is -0.195. The number of thiophene rings is 1. The van der Waals surface area contributed by atoms with Crippen molar-refractivity contribution >= 4 is 11.3 Å². The van der Waals surface area contributed by atoms with Crippen molar-refractivity contribution in [3.63, 3.8) is 0 Å². The van der Waals surface area contributed by atoms with Crippen molar-refractivity contribution in [3.8, 4) is 0 Å². The molecule has 4 heteroatoms. The van der Waals surface area contributed by atoms with Crippen LogP contribution in [0.15, 0.2) is 41.8 Å². The fourth-order valence-corrected chi connectivity index (χ4v) is 3.11. The van der Waals surface area contributed by atoms with E-state index < -0.39 is 0 Å². The summed E-state index contributed by atoms with van der Waals surface area (Å²) in [7, 11) is 2.12. The van der Waals surface area contributed by atoms with Gasteiger partial charge in [-0.3, -0.25) is 4.90 Å². The minimum absolute atomic E-state index is 0.116. The van der Waals surface area contributed by atoms with Crippen molar-refractivity contribution in [2.24, 2.45) is 5.73 Å². The molecule has 0 saturated carbocycles. The van der Waals surface area contributed by atoms with Crippen LogP contribution in [-0.2, 0) is 12.8 Å². The third kappa shape index (κ3) is 4.37. The molecule has 2 rings (SSSR count). The second-order valence-electron chi connectivity index (χ2n) is 5.76. The van der Waals surface area contributed by atoms with Gasteiger partial charge in [0.25, 0.3) is 0 Å². The molecule has 0 radical (unpaired) electrons. The van der Waals surface area contributed by atoms with Gasteiger partial charge in [-0.1, -0.05) is 18.2 Å². The van der Waals surface area contributed by atoms with Crippen LogP contribution in [0, 0.1) is 5.82 Å². The minimum Gasteiger partial charge on any atom is -0.329 e. The molecule has 0 aliphatic heterocycles. The molecule has 2 aromatic rings. The van der Waals surface area contributed by atoms with Crippen molar-refractivity contribution in [3.05, 3.63) is 58.0 Å². The number of rotatable bonds is 7. The van der Waals surface area contributed by atoms with E-state index in [9.17, 15) is 4.39 Å². The Balaban J connectivity index is 1.99. The van der Waals surface area contributed by atoms with Crippen molar-refractivity contribution in [2.45, 2.75) is 25.3 Å². The largest absolute Gasteiger partial charge is 0.329 e. The first-order chi connectivity index (χ1) is 10.0. The number of likely N-dealkylation sites (N-methyl/N-ethyl adjacent to an activating group) is 1. The molecule has 0 aliphatic rings. The summed E-state index contributed by atoms with van der Waals surface area (Å²) in [6, 6.07) is 11.0. The molecule has 0 aliphatic carbocycles. The summed E-state index contributed by atoms with van der Waals surface area (Å²) in [6.45, 7) is 3.71. The Morgan fingerprint density at radius 2 is 1.95 bits per heavy atom. The van der Waals surface area contributed by atoms with Crippen LogP contribution in [0.2, 0.25) is 0 Å². The Labute approximate surface area is 130 Å². The topological polar surface area (TPSA) is 29.3 Å². The molecular weight excluding hydrogens is 283 g/mol. The Morgan fingerprint density at radius 1 is 1.24 bits per heavy atom. The molecule has 0 amide bonds. The molecule has 0 fully saturated rings. The van der Waals surface area contributed by atoms with Crippen molar-refractivity contribution in [1.29, 1.82) is 0 Å². The fraction of sp³-hybridized carbons (Fsp3) is 0.412. The summed E-state index contributed by atoms with van der Waals surface area (Å²) >= 11 is 1.79. The molecular formula is C17H23FN2S. The van der Waals surface area contributed by atoms with Gasteiger partial charge in [-0.25, -0.2) is 4.39 Å². The Bertz CT molecular complexity index is 538. The van der Waals surface area contributed by atoms with Gasteiger partial charge < -0.3 is 5.73 Å². The SMILES string of the molecule is CN(CCc1cccs1)C(C)(CN)Cc1ccc(F)cc1. The number of nitrogens with zero attached hydrogens (tertiary/aromatic N) is 1. The van der Waals surface area contributed by atoms with Gasteiger partial charge in [0.2, 0.25) is 0 Å². The molecule has 1 heterocycles. The lowest BCUT2D eigenvalue weighted by Crippen LogP contribution is -2.52. The van der Waals surface area contributed by atoms with E-state index in [2.05, 4.69) is 36.4 Å². The summed E-state index contributed by atoms with van der Waals surface area (Å²) in [6.07, 6.45) is 1.86. The van der Waals surface area contributed by atoms with E-state index in [4.69, 9.17) is 5.73 Å². The molecule has 0 saturated heterocycles. The normalized spacial score (nSPS) is 14.3. The maximum absolute atomic E-state index is 13.0. The summed E-state index contributed by atoms with van der Waals surface area (Å²) in [5, 5.41) is 2.11. The third-order valence-corrected chi connectivity index (χ3v) is 5.07.